The van der Waals surface area contributed by atoms with E-state index >= 15 is 0 Å². The lowest BCUT2D eigenvalue weighted by molar-refractivity contribution is 0.530. The van der Waals surface area contributed by atoms with Crippen molar-refractivity contribution in [2.75, 3.05) is 5.73 Å². The number of nitrogens with zero attached hydrogens (tertiary/aromatic N) is 1. The molecule has 0 unspecified atom stereocenters. The minimum absolute atomic E-state index is 0.646. The molecule has 0 atom stereocenters. The summed E-state index contributed by atoms with van der Waals surface area (Å²) in [4.78, 5) is 5.34. The van der Waals surface area contributed by atoms with E-state index < -0.39 is 0 Å². The van der Waals surface area contributed by atoms with Crippen LogP contribution in [0.5, 0.6) is 0 Å². The van der Waals surface area contributed by atoms with Crippen LogP contribution in [0.4, 0.5) is 5.69 Å². The molecule has 0 aliphatic carbocycles. The average Bonchev–Trinajstić information content (AvgIpc) is 2.98. The van der Waals surface area contributed by atoms with Crippen LogP contribution in [0.3, 0.4) is 0 Å². The highest BCUT2D eigenvalue weighted by Gasteiger charge is 2.08. The molecular weight excluding hydrogens is 348 g/mol. The molecule has 5 heteroatoms. The molecule has 0 aliphatic heterocycles. The molecule has 3 rings (SSSR count). The number of benzene rings is 2. The Hall–Kier alpha value is -1.72. The Morgan fingerprint density at radius 3 is 2.76 bits per heavy atom. The number of nitrogen functional groups attached to an aromatic ring is 1. The zero-order valence-corrected chi connectivity index (χ0v) is 13.5. The lowest BCUT2D eigenvalue weighted by Gasteiger charge is -2.04. The summed E-state index contributed by atoms with van der Waals surface area (Å²) in [5.41, 5.74) is 7.75. The predicted molar refractivity (Wildman–Crippen MR) is 90.1 cm³/mol. The van der Waals surface area contributed by atoms with Crippen molar-refractivity contribution in [3.05, 3.63) is 65.1 Å². The van der Waals surface area contributed by atoms with Crippen LogP contribution in [0, 0.1) is 0 Å². The van der Waals surface area contributed by atoms with Crippen LogP contribution in [0.2, 0.25) is 0 Å². The summed E-state index contributed by atoms with van der Waals surface area (Å²) in [6, 6.07) is 15.8. The van der Waals surface area contributed by atoms with Gasteiger partial charge in [-0.25, -0.2) is 4.98 Å². The lowest BCUT2D eigenvalue weighted by Crippen LogP contribution is -1.89. The van der Waals surface area contributed by atoms with Gasteiger partial charge in [-0.3, -0.25) is 0 Å². The van der Waals surface area contributed by atoms with Gasteiger partial charge in [-0.15, -0.1) is 11.8 Å². The molecule has 3 aromatic rings. The van der Waals surface area contributed by atoms with Crippen LogP contribution < -0.4 is 5.73 Å². The fourth-order valence-electron chi connectivity index (χ4n) is 1.89. The van der Waals surface area contributed by atoms with Crippen LogP contribution in [0.25, 0.3) is 11.3 Å². The quantitative estimate of drug-likeness (QED) is 0.526. The van der Waals surface area contributed by atoms with E-state index in [9.17, 15) is 0 Å². The number of oxazole rings is 1. The van der Waals surface area contributed by atoms with E-state index in [1.165, 1.54) is 0 Å². The topological polar surface area (TPSA) is 52.0 Å². The van der Waals surface area contributed by atoms with Gasteiger partial charge in [-0.2, -0.15) is 0 Å². The van der Waals surface area contributed by atoms with E-state index in [2.05, 4.69) is 20.9 Å². The first-order valence-electron chi connectivity index (χ1n) is 6.40. The van der Waals surface area contributed by atoms with Gasteiger partial charge >= 0.3 is 0 Å². The van der Waals surface area contributed by atoms with Gasteiger partial charge < -0.3 is 10.2 Å². The molecule has 1 heterocycles. The summed E-state index contributed by atoms with van der Waals surface area (Å²) in [6.07, 6.45) is 1.76. The van der Waals surface area contributed by atoms with Crippen LogP contribution >= 0.6 is 27.7 Å². The molecule has 0 aliphatic rings. The lowest BCUT2D eigenvalue weighted by atomic mass is 10.2. The summed E-state index contributed by atoms with van der Waals surface area (Å²) in [5, 5.41) is 0. The number of rotatable bonds is 4. The van der Waals surface area contributed by atoms with Crippen molar-refractivity contribution in [2.45, 2.75) is 10.6 Å². The normalized spacial score (nSPS) is 10.7. The number of aromatic nitrogens is 1. The second kappa shape index (κ2) is 6.37. The minimum Gasteiger partial charge on any atom is -0.440 e. The van der Waals surface area contributed by atoms with Crippen molar-refractivity contribution in [1.82, 2.24) is 4.98 Å². The fourth-order valence-corrected chi connectivity index (χ4v) is 3.26. The summed E-state index contributed by atoms with van der Waals surface area (Å²) in [6.45, 7) is 0. The van der Waals surface area contributed by atoms with Crippen molar-refractivity contribution in [1.29, 1.82) is 0 Å². The molecule has 106 valence electrons. The van der Waals surface area contributed by atoms with Gasteiger partial charge in [0.05, 0.1) is 11.9 Å². The maximum absolute atomic E-state index is 5.96. The van der Waals surface area contributed by atoms with E-state index in [4.69, 9.17) is 10.2 Å². The van der Waals surface area contributed by atoms with Gasteiger partial charge in [0.2, 0.25) is 5.89 Å². The zero-order valence-electron chi connectivity index (χ0n) is 11.1. The molecule has 0 amide bonds. The highest BCUT2D eigenvalue weighted by atomic mass is 79.9. The van der Waals surface area contributed by atoms with Gasteiger partial charge in [-0.05, 0) is 18.2 Å². The standard InChI is InChI=1S/C16H13BrN2OS/c17-12-6-7-13(18)15(8-12)21-10-16-19-9-14(20-16)11-4-2-1-3-5-11/h1-9H,10,18H2. The molecule has 2 N–H and O–H groups in total. The third-order valence-electron chi connectivity index (χ3n) is 2.94. The van der Waals surface area contributed by atoms with Gasteiger partial charge in [0.15, 0.2) is 5.76 Å². The Bertz CT molecular complexity index is 743. The predicted octanol–water partition coefficient (Wildman–Crippen LogP) is 4.98. The largest absolute Gasteiger partial charge is 0.440 e. The molecule has 0 spiro atoms. The first-order valence-corrected chi connectivity index (χ1v) is 8.18. The monoisotopic (exact) mass is 360 g/mol. The number of anilines is 1. The number of nitrogens with two attached hydrogens (primary N) is 1. The van der Waals surface area contributed by atoms with Crippen LogP contribution in [0.15, 0.2) is 68.5 Å². The third kappa shape index (κ3) is 3.49. The highest BCUT2D eigenvalue weighted by Crippen LogP contribution is 2.31. The molecule has 0 saturated carbocycles. The SMILES string of the molecule is Nc1ccc(Br)cc1SCc1ncc(-c2ccccc2)o1. The van der Waals surface area contributed by atoms with Crippen molar-refractivity contribution in [3.63, 3.8) is 0 Å². The van der Waals surface area contributed by atoms with Gasteiger partial charge in [0, 0.05) is 20.6 Å². The van der Waals surface area contributed by atoms with Crippen molar-refractivity contribution < 1.29 is 4.42 Å². The van der Waals surface area contributed by atoms with Gasteiger partial charge in [0.25, 0.3) is 0 Å². The van der Waals surface area contributed by atoms with E-state index in [-0.39, 0.29) is 0 Å². The molecule has 0 radical (unpaired) electrons. The molecular formula is C16H13BrN2OS. The number of halogens is 1. The Morgan fingerprint density at radius 1 is 1.14 bits per heavy atom. The highest BCUT2D eigenvalue weighted by molar-refractivity contribution is 9.10. The second-order valence-corrected chi connectivity index (χ2v) is 6.39. The zero-order chi connectivity index (χ0) is 14.7. The summed E-state index contributed by atoms with van der Waals surface area (Å²) < 4.78 is 6.79. The summed E-state index contributed by atoms with van der Waals surface area (Å²) >= 11 is 5.06. The van der Waals surface area contributed by atoms with Crippen LogP contribution in [-0.2, 0) is 5.75 Å². The molecule has 0 saturated heterocycles. The maximum atomic E-state index is 5.96. The number of thioether (sulfide) groups is 1. The summed E-state index contributed by atoms with van der Waals surface area (Å²) in [5.74, 6) is 2.12. The Morgan fingerprint density at radius 2 is 1.95 bits per heavy atom. The average molecular weight is 361 g/mol. The van der Waals surface area contributed by atoms with Gasteiger partial charge in [0.1, 0.15) is 0 Å². The Kier molecular flexibility index (Phi) is 4.31. The second-order valence-electron chi connectivity index (χ2n) is 4.46. The fraction of sp³-hybridized carbons (Fsp3) is 0.0625. The first kappa shape index (κ1) is 14.2. The van der Waals surface area contributed by atoms with Crippen molar-refractivity contribution >= 4 is 33.4 Å². The molecule has 21 heavy (non-hydrogen) atoms. The number of hydrogen-bond donors (Lipinski definition) is 1. The molecule has 0 fully saturated rings. The smallest absolute Gasteiger partial charge is 0.205 e. The first-order chi connectivity index (χ1) is 10.2. The van der Waals surface area contributed by atoms with E-state index in [0.29, 0.717) is 11.6 Å². The molecule has 1 aromatic heterocycles. The van der Waals surface area contributed by atoms with Crippen molar-refractivity contribution in [3.8, 4) is 11.3 Å². The van der Waals surface area contributed by atoms with E-state index in [1.54, 1.807) is 18.0 Å². The Labute approximate surface area is 135 Å². The molecule has 3 nitrogen and oxygen atoms in total. The van der Waals surface area contributed by atoms with E-state index in [0.717, 1.165) is 26.4 Å². The molecule has 0 bridgehead atoms. The van der Waals surface area contributed by atoms with Crippen LogP contribution in [-0.4, -0.2) is 4.98 Å². The third-order valence-corrected chi connectivity index (χ3v) is 4.49. The van der Waals surface area contributed by atoms with Gasteiger partial charge in [-0.1, -0.05) is 46.3 Å². The molecule has 2 aromatic carbocycles. The number of hydrogen-bond acceptors (Lipinski definition) is 4. The minimum atomic E-state index is 0.646. The Balaban J connectivity index is 1.72. The summed E-state index contributed by atoms with van der Waals surface area (Å²) in [7, 11) is 0. The van der Waals surface area contributed by atoms with E-state index in [1.807, 2.05) is 48.5 Å². The van der Waals surface area contributed by atoms with Crippen molar-refractivity contribution in [2.24, 2.45) is 0 Å². The van der Waals surface area contributed by atoms with Crippen LogP contribution in [0.1, 0.15) is 5.89 Å². The maximum Gasteiger partial charge on any atom is 0.205 e.